The number of hydrogen-bond acceptors (Lipinski definition) is 4. The highest BCUT2D eigenvalue weighted by Gasteiger charge is 2.21. The van der Waals surface area contributed by atoms with Crippen LogP contribution in [0.15, 0.2) is 6.20 Å². The van der Waals surface area contributed by atoms with Gasteiger partial charge in [0.15, 0.2) is 0 Å². The monoisotopic (exact) mass is 448 g/mol. The molecule has 2 rings (SSSR count). The molecule has 0 aliphatic carbocycles. The molecule has 0 aliphatic heterocycles. The van der Waals surface area contributed by atoms with E-state index in [4.69, 9.17) is 39.9 Å². The number of hydrogen-bond donors (Lipinski definition) is 1. The Balaban J connectivity index is 0.000000263. The van der Waals surface area contributed by atoms with E-state index in [1.165, 1.54) is 25.5 Å². The Morgan fingerprint density at radius 1 is 1.42 bits per heavy atom. The summed E-state index contributed by atoms with van der Waals surface area (Å²) < 4.78 is 26.3. The van der Waals surface area contributed by atoms with E-state index in [2.05, 4.69) is 15.4 Å². The molecule has 6 nitrogen and oxygen atoms in total. The molecule has 0 saturated heterocycles. The summed E-state index contributed by atoms with van der Waals surface area (Å²) in [7, 11) is 2.90. The summed E-state index contributed by atoms with van der Waals surface area (Å²) >= 11 is 19.0. The molecule has 1 atom stereocenters. The quantitative estimate of drug-likeness (QED) is 0.580. The zero-order valence-electron chi connectivity index (χ0n) is 13.8. The Kier molecular flexibility index (Phi) is 9.22. The smallest absolute Gasteiger partial charge is 0.339 e. The van der Waals surface area contributed by atoms with Gasteiger partial charge in [0.2, 0.25) is 0 Å². The summed E-state index contributed by atoms with van der Waals surface area (Å²) in [6.45, 7) is 1.92. The van der Waals surface area contributed by atoms with E-state index in [0.717, 1.165) is 16.4 Å². The third kappa shape index (κ3) is 6.33. The van der Waals surface area contributed by atoms with Crippen molar-refractivity contribution >= 4 is 52.1 Å². The molecular formula is C14H15Cl3F2N3O3S-. The van der Waals surface area contributed by atoms with Crippen molar-refractivity contribution in [3.05, 3.63) is 42.2 Å². The Morgan fingerprint density at radius 2 is 2.04 bits per heavy atom. The van der Waals surface area contributed by atoms with E-state index in [-0.39, 0.29) is 6.04 Å². The normalized spacial score (nSPS) is 12.0. The van der Waals surface area contributed by atoms with Crippen LogP contribution in [0.4, 0.5) is 8.78 Å². The van der Waals surface area contributed by atoms with Crippen LogP contribution in [0, 0.1) is 0 Å². The van der Waals surface area contributed by atoms with Gasteiger partial charge in [0, 0.05) is 25.9 Å². The number of hydroxylamine groups is 1. The second-order valence-electron chi connectivity index (χ2n) is 4.99. The Hall–Kier alpha value is -0.970. The van der Waals surface area contributed by atoms with Gasteiger partial charge >= 0.3 is 5.97 Å². The molecule has 0 amide bonds. The SMILES string of the molecule is CO[N-]C(C)Cc1c(Cl)sc(Cl)c1Cl.Cn1cc(C(=O)O)c(C(F)F)n1. The van der Waals surface area contributed by atoms with Crippen molar-refractivity contribution in [2.45, 2.75) is 25.8 Å². The second kappa shape index (κ2) is 10.4. The predicted octanol–water partition coefficient (Wildman–Crippen LogP) is 5.63. The maximum absolute atomic E-state index is 12.1. The highest BCUT2D eigenvalue weighted by molar-refractivity contribution is 7.20. The number of aryl methyl sites for hydroxylation is 1. The van der Waals surface area contributed by atoms with E-state index in [9.17, 15) is 13.6 Å². The lowest BCUT2D eigenvalue weighted by Crippen LogP contribution is -2.05. The van der Waals surface area contributed by atoms with Crippen LogP contribution in [0.1, 0.15) is 35.0 Å². The zero-order chi connectivity index (χ0) is 20.0. The largest absolute Gasteiger partial charge is 0.532 e. The summed E-state index contributed by atoms with van der Waals surface area (Å²) in [5.41, 5.74) is 3.56. The molecular weight excluding hydrogens is 435 g/mol. The summed E-state index contributed by atoms with van der Waals surface area (Å²) in [4.78, 5) is 15.0. The lowest BCUT2D eigenvalue weighted by Gasteiger charge is -2.26. The lowest BCUT2D eigenvalue weighted by atomic mass is 10.1. The first kappa shape index (κ1) is 23.1. The Labute approximate surface area is 167 Å². The van der Waals surface area contributed by atoms with Gasteiger partial charge in [-0.2, -0.15) is 5.10 Å². The van der Waals surface area contributed by atoms with Crippen LogP contribution < -0.4 is 0 Å². The number of halogens is 5. The van der Waals surface area contributed by atoms with E-state index < -0.39 is 23.7 Å². The van der Waals surface area contributed by atoms with Gasteiger partial charge in [0.1, 0.15) is 15.6 Å². The molecule has 2 aromatic heterocycles. The van der Waals surface area contributed by atoms with Gasteiger partial charge in [-0.15, -0.1) is 17.4 Å². The highest BCUT2D eigenvalue weighted by atomic mass is 35.5. The number of aromatic carboxylic acids is 1. The summed E-state index contributed by atoms with van der Waals surface area (Å²) in [6.07, 6.45) is -1.17. The number of nitrogens with zero attached hydrogens (tertiary/aromatic N) is 3. The molecule has 2 heterocycles. The molecule has 0 saturated carbocycles. The predicted molar refractivity (Wildman–Crippen MR) is 98.0 cm³/mol. The average molecular weight is 450 g/mol. The number of aromatic nitrogens is 2. The van der Waals surface area contributed by atoms with Crippen molar-refractivity contribution in [1.29, 1.82) is 0 Å². The maximum atomic E-state index is 12.1. The topological polar surface area (TPSA) is 78.5 Å². The van der Waals surface area contributed by atoms with Crippen molar-refractivity contribution < 1.29 is 23.5 Å². The van der Waals surface area contributed by atoms with Crippen LogP contribution in [0.2, 0.25) is 13.7 Å². The molecule has 0 fully saturated rings. The number of thiophene rings is 1. The van der Waals surface area contributed by atoms with E-state index in [1.54, 1.807) is 0 Å². The van der Waals surface area contributed by atoms with Crippen molar-refractivity contribution in [2.75, 3.05) is 7.11 Å². The van der Waals surface area contributed by atoms with Gasteiger partial charge in [-0.25, -0.2) is 13.6 Å². The molecule has 146 valence electrons. The summed E-state index contributed by atoms with van der Waals surface area (Å²) in [6, 6.07) is 0.0145. The molecule has 0 radical (unpaired) electrons. The molecule has 0 aliphatic rings. The van der Waals surface area contributed by atoms with Crippen LogP contribution in [0.5, 0.6) is 0 Å². The van der Waals surface area contributed by atoms with Crippen LogP contribution in [0.25, 0.3) is 5.48 Å². The molecule has 1 unspecified atom stereocenters. The van der Waals surface area contributed by atoms with Crippen LogP contribution >= 0.6 is 46.1 Å². The number of carboxylic acid groups (broad SMARTS) is 1. The van der Waals surface area contributed by atoms with Crippen molar-refractivity contribution in [3.8, 4) is 0 Å². The minimum atomic E-state index is -2.85. The molecule has 1 N–H and O–H groups in total. The summed E-state index contributed by atoms with van der Waals surface area (Å²) in [5, 5.41) is 12.3. The molecule has 0 bridgehead atoms. The molecule has 26 heavy (non-hydrogen) atoms. The zero-order valence-corrected chi connectivity index (χ0v) is 16.9. The van der Waals surface area contributed by atoms with E-state index >= 15 is 0 Å². The number of carboxylic acids is 1. The van der Waals surface area contributed by atoms with Crippen LogP contribution in [-0.4, -0.2) is 34.0 Å². The lowest BCUT2D eigenvalue weighted by molar-refractivity contribution is 0.0684. The molecule has 12 heteroatoms. The average Bonchev–Trinajstić information content (AvgIpc) is 3.04. The standard InChI is InChI=1S/C8H9Cl3NOS.C6H6F2N2O2/c1-4(12-13-2)3-5-6(9)8(11)14-7(5)10;1-10-2-3(6(11)12)4(9-10)5(7)8/h4H,3H2,1-2H3;2,5H,1H3,(H,11,12)/q-1;. The minimum Gasteiger partial charge on any atom is -0.532 e. The summed E-state index contributed by atoms with van der Waals surface area (Å²) in [5.74, 6) is -1.39. The van der Waals surface area contributed by atoms with E-state index in [0.29, 0.717) is 20.1 Å². The first-order valence-corrected chi connectivity index (χ1v) is 8.93. The fraction of sp³-hybridized carbons (Fsp3) is 0.429. The Bertz CT molecular complexity index is 755. The van der Waals surface area contributed by atoms with E-state index in [1.807, 2.05) is 6.92 Å². The third-order valence-corrected chi connectivity index (χ3v) is 5.25. The van der Waals surface area contributed by atoms with Gasteiger partial charge in [0.05, 0.1) is 9.36 Å². The van der Waals surface area contributed by atoms with Gasteiger partial charge < -0.3 is 15.4 Å². The number of carbonyl (C=O) groups is 1. The fourth-order valence-corrected chi connectivity index (χ4v) is 3.84. The molecule has 0 aromatic carbocycles. The minimum absolute atomic E-state index is 0.0145. The van der Waals surface area contributed by atoms with Gasteiger partial charge in [-0.3, -0.25) is 4.68 Å². The number of rotatable bonds is 6. The first-order valence-electron chi connectivity index (χ1n) is 6.98. The van der Waals surface area contributed by atoms with Crippen molar-refractivity contribution in [3.63, 3.8) is 0 Å². The highest BCUT2D eigenvalue weighted by Crippen LogP contribution is 2.40. The van der Waals surface area contributed by atoms with Crippen molar-refractivity contribution in [2.24, 2.45) is 7.05 Å². The maximum Gasteiger partial charge on any atom is 0.339 e. The molecule has 0 spiro atoms. The van der Waals surface area contributed by atoms with Gasteiger partial charge in [-0.05, 0) is 6.42 Å². The van der Waals surface area contributed by atoms with Crippen LogP contribution in [0.3, 0.4) is 0 Å². The van der Waals surface area contributed by atoms with Crippen molar-refractivity contribution in [1.82, 2.24) is 9.78 Å². The van der Waals surface area contributed by atoms with Gasteiger partial charge in [0.25, 0.3) is 6.43 Å². The fourth-order valence-electron chi connectivity index (χ4n) is 1.90. The first-order chi connectivity index (χ1) is 12.1. The number of alkyl halides is 2. The molecule has 2 aromatic rings. The Morgan fingerprint density at radius 3 is 2.42 bits per heavy atom. The second-order valence-corrected chi connectivity index (χ2v) is 7.59. The third-order valence-electron chi connectivity index (χ3n) is 2.93. The van der Waals surface area contributed by atoms with Crippen LogP contribution in [-0.2, 0) is 18.3 Å². The van der Waals surface area contributed by atoms with Gasteiger partial charge in [-0.1, -0.05) is 41.7 Å².